The van der Waals surface area contributed by atoms with Crippen LogP contribution in [0.2, 0.25) is 0 Å². The molecule has 0 aromatic heterocycles. The molecular weight excluding hydrogens is 465 g/mol. The zero-order chi connectivity index (χ0) is 20.1. The van der Waals surface area contributed by atoms with Crippen LogP contribution in [-0.4, -0.2) is 75.0 Å². The number of carbonyl (C=O) groups excluding carboxylic acids is 1. The Balaban J connectivity index is 0.00000729. The summed E-state index contributed by atoms with van der Waals surface area (Å²) in [4.78, 5) is 20.8. The smallest absolute Gasteiger partial charge is 0.253 e. The lowest BCUT2D eigenvalue weighted by molar-refractivity contribution is 0.0827. The SMILES string of the molecule is CCNC(=NCCCN(CC)CC)NCCc1cccc(C(=O)N(C)C)c1.I. The number of amides is 1. The van der Waals surface area contributed by atoms with Gasteiger partial charge >= 0.3 is 0 Å². The van der Waals surface area contributed by atoms with Gasteiger partial charge in [-0.15, -0.1) is 24.0 Å². The number of aliphatic imine (C=N–C) groups is 1. The fraction of sp³-hybridized carbons (Fsp3) is 0.619. The van der Waals surface area contributed by atoms with Gasteiger partial charge in [0.05, 0.1) is 0 Å². The molecule has 6 nitrogen and oxygen atoms in total. The average Bonchev–Trinajstić information content (AvgIpc) is 2.67. The van der Waals surface area contributed by atoms with E-state index in [-0.39, 0.29) is 29.9 Å². The van der Waals surface area contributed by atoms with Crippen molar-refractivity contribution in [2.45, 2.75) is 33.6 Å². The Kier molecular flexibility index (Phi) is 14.8. The number of benzene rings is 1. The number of hydrogen-bond donors (Lipinski definition) is 2. The number of nitrogens with zero attached hydrogens (tertiary/aromatic N) is 3. The van der Waals surface area contributed by atoms with Crippen LogP contribution < -0.4 is 10.6 Å². The Hall–Kier alpha value is -1.35. The van der Waals surface area contributed by atoms with Crippen molar-refractivity contribution in [2.24, 2.45) is 4.99 Å². The zero-order valence-electron chi connectivity index (χ0n) is 18.1. The standard InChI is InChI=1S/C21H37N5O.HI/c1-6-22-21(23-14-10-16-26(7-2)8-3)24-15-13-18-11-9-12-19(17-18)20(27)25(4)5;/h9,11-12,17H,6-8,10,13-16H2,1-5H3,(H2,22,23,24);1H. The molecule has 28 heavy (non-hydrogen) atoms. The third-order valence-corrected chi connectivity index (χ3v) is 4.43. The van der Waals surface area contributed by atoms with Crippen LogP contribution in [0.5, 0.6) is 0 Å². The number of guanidine groups is 1. The first-order chi connectivity index (χ1) is 13.0. The van der Waals surface area contributed by atoms with E-state index in [1.807, 2.05) is 18.2 Å². The molecule has 7 heteroatoms. The fourth-order valence-corrected chi connectivity index (χ4v) is 2.81. The summed E-state index contributed by atoms with van der Waals surface area (Å²) in [6, 6.07) is 7.83. The zero-order valence-corrected chi connectivity index (χ0v) is 20.5. The first-order valence-corrected chi connectivity index (χ1v) is 10.1. The van der Waals surface area contributed by atoms with E-state index in [4.69, 9.17) is 0 Å². The minimum atomic E-state index is 0. The number of rotatable bonds is 11. The van der Waals surface area contributed by atoms with Crippen LogP contribution in [0.4, 0.5) is 0 Å². The second-order valence-electron chi connectivity index (χ2n) is 6.72. The molecular formula is C21H38IN5O. The second-order valence-corrected chi connectivity index (χ2v) is 6.72. The highest BCUT2D eigenvalue weighted by Gasteiger charge is 2.08. The summed E-state index contributed by atoms with van der Waals surface area (Å²) in [5.74, 6) is 0.894. The number of nitrogens with one attached hydrogen (secondary N) is 2. The van der Waals surface area contributed by atoms with Crippen molar-refractivity contribution in [2.75, 3.05) is 53.4 Å². The molecule has 1 amide bonds. The Morgan fingerprint density at radius 2 is 1.82 bits per heavy atom. The van der Waals surface area contributed by atoms with E-state index in [1.54, 1.807) is 19.0 Å². The van der Waals surface area contributed by atoms with Crippen LogP contribution in [0.3, 0.4) is 0 Å². The molecule has 0 aliphatic carbocycles. The third kappa shape index (κ3) is 10.3. The van der Waals surface area contributed by atoms with E-state index in [9.17, 15) is 4.79 Å². The van der Waals surface area contributed by atoms with Crippen LogP contribution >= 0.6 is 24.0 Å². The maximum absolute atomic E-state index is 12.1. The summed E-state index contributed by atoms with van der Waals surface area (Å²) in [5, 5.41) is 6.68. The van der Waals surface area contributed by atoms with E-state index < -0.39 is 0 Å². The molecule has 1 aromatic rings. The van der Waals surface area contributed by atoms with E-state index in [1.165, 1.54) is 0 Å². The Bertz CT molecular complexity index is 588. The van der Waals surface area contributed by atoms with Crippen molar-refractivity contribution < 1.29 is 4.79 Å². The lowest BCUT2D eigenvalue weighted by Crippen LogP contribution is -2.38. The molecule has 1 rings (SSSR count). The number of carbonyl (C=O) groups is 1. The quantitative estimate of drug-likeness (QED) is 0.211. The van der Waals surface area contributed by atoms with Gasteiger partial charge in [-0.2, -0.15) is 0 Å². The fourth-order valence-electron chi connectivity index (χ4n) is 2.81. The molecule has 0 spiro atoms. The largest absolute Gasteiger partial charge is 0.357 e. The van der Waals surface area contributed by atoms with Crippen LogP contribution in [0.15, 0.2) is 29.3 Å². The average molecular weight is 503 g/mol. The number of halogens is 1. The van der Waals surface area contributed by atoms with Gasteiger partial charge in [-0.25, -0.2) is 0 Å². The van der Waals surface area contributed by atoms with Gasteiger partial charge in [0, 0.05) is 39.3 Å². The van der Waals surface area contributed by atoms with Gasteiger partial charge in [0.25, 0.3) is 5.91 Å². The molecule has 0 saturated carbocycles. The summed E-state index contributed by atoms with van der Waals surface area (Å²) < 4.78 is 0. The van der Waals surface area contributed by atoms with E-state index in [0.29, 0.717) is 0 Å². The van der Waals surface area contributed by atoms with Gasteiger partial charge in [0.1, 0.15) is 0 Å². The predicted molar refractivity (Wildman–Crippen MR) is 130 cm³/mol. The first kappa shape index (κ1) is 26.6. The first-order valence-electron chi connectivity index (χ1n) is 10.1. The third-order valence-electron chi connectivity index (χ3n) is 4.43. The monoisotopic (exact) mass is 503 g/mol. The predicted octanol–water partition coefficient (Wildman–Crippen LogP) is 2.84. The molecule has 160 valence electrons. The van der Waals surface area contributed by atoms with Crippen molar-refractivity contribution in [3.05, 3.63) is 35.4 Å². The van der Waals surface area contributed by atoms with Gasteiger partial charge < -0.3 is 20.4 Å². The summed E-state index contributed by atoms with van der Waals surface area (Å²) in [7, 11) is 3.55. The van der Waals surface area contributed by atoms with Crippen LogP contribution in [-0.2, 0) is 6.42 Å². The molecule has 0 unspecified atom stereocenters. The van der Waals surface area contributed by atoms with E-state index >= 15 is 0 Å². The molecule has 0 fully saturated rings. The number of hydrogen-bond acceptors (Lipinski definition) is 3. The Morgan fingerprint density at radius 1 is 1.11 bits per heavy atom. The van der Waals surface area contributed by atoms with Crippen molar-refractivity contribution in [3.8, 4) is 0 Å². The molecule has 0 radical (unpaired) electrons. The lowest BCUT2D eigenvalue weighted by atomic mass is 10.1. The van der Waals surface area contributed by atoms with Gasteiger partial charge in [-0.05, 0) is 57.1 Å². The van der Waals surface area contributed by atoms with Crippen LogP contribution in [0.1, 0.15) is 43.1 Å². The Morgan fingerprint density at radius 3 is 2.43 bits per heavy atom. The topological polar surface area (TPSA) is 60.0 Å². The normalized spacial score (nSPS) is 11.1. The van der Waals surface area contributed by atoms with Gasteiger partial charge in [-0.1, -0.05) is 26.0 Å². The summed E-state index contributed by atoms with van der Waals surface area (Å²) in [6.45, 7) is 12.2. The minimum absolute atomic E-state index is 0. The van der Waals surface area contributed by atoms with E-state index in [2.05, 4.69) is 47.4 Å². The van der Waals surface area contributed by atoms with Crippen molar-refractivity contribution in [1.82, 2.24) is 20.4 Å². The molecule has 0 atom stereocenters. The van der Waals surface area contributed by atoms with Gasteiger partial charge in [0.2, 0.25) is 0 Å². The molecule has 1 aromatic carbocycles. The lowest BCUT2D eigenvalue weighted by Gasteiger charge is -2.17. The molecule has 0 aliphatic heterocycles. The maximum atomic E-state index is 12.1. The summed E-state index contributed by atoms with van der Waals surface area (Å²) >= 11 is 0. The molecule has 0 bridgehead atoms. The highest BCUT2D eigenvalue weighted by molar-refractivity contribution is 14.0. The molecule has 2 N–H and O–H groups in total. The Labute approximate surface area is 188 Å². The summed E-state index contributed by atoms with van der Waals surface area (Å²) in [5.41, 5.74) is 1.88. The second kappa shape index (κ2) is 15.6. The highest BCUT2D eigenvalue weighted by Crippen LogP contribution is 2.07. The molecule has 0 heterocycles. The molecule has 0 saturated heterocycles. The van der Waals surface area contributed by atoms with Gasteiger partial charge in [0.15, 0.2) is 5.96 Å². The minimum Gasteiger partial charge on any atom is -0.357 e. The van der Waals surface area contributed by atoms with Crippen LogP contribution in [0, 0.1) is 0 Å². The van der Waals surface area contributed by atoms with Gasteiger partial charge in [-0.3, -0.25) is 9.79 Å². The highest BCUT2D eigenvalue weighted by atomic mass is 127. The van der Waals surface area contributed by atoms with Crippen molar-refractivity contribution in [1.29, 1.82) is 0 Å². The van der Waals surface area contributed by atoms with E-state index in [0.717, 1.165) is 69.2 Å². The van der Waals surface area contributed by atoms with Crippen molar-refractivity contribution >= 4 is 35.8 Å². The summed E-state index contributed by atoms with van der Waals surface area (Å²) in [6.07, 6.45) is 1.91. The van der Waals surface area contributed by atoms with Crippen molar-refractivity contribution in [3.63, 3.8) is 0 Å². The van der Waals surface area contributed by atoms with Crippen LogP contribution in [0.25, 0.3) is 0 Å². The molecule has 0 aliphatic rings. The maximum Gasteiger partial charge on any atom is 0.253 e.